The Morgan fingerprint density at radius 1 is 1.05 bits per heavy atom. The molecule has 0 spiro atoms. The van der Waals surface area contributed by atoms with E-state index in [1.165, 1.54) is 0 Å². The highest BCUT2D eigenvalue weighted by Gasteiger charge is 2.22. The number of hydrogen-bond donors (Lipinski definition) is 2. The Morgan fingerprint density at radius 2 is 1.80 bits per heavy atom. The maximum Gasteiger partial charge on any atom is 0.156 e. The molecule has 0 fully saturated rings. The number of nitrogens with zero attached hydrogens (tertiary/aromatic N) is 2. The third-order valence-corrected chi connectivity index (χ3v) is 4.24. The molecule has 0 bridgehead atoms. The summed E-state index contributed by atoms with van der Waals surface area (Å²) in [6.45, 7) is 6.01. The third-order valence-electron chi connectivity index (χ3n) is 3.50. The fourth-order valence-electron chi connectivity index (χ4n) is 2.28. The molecule has 0 amide bonds. The van der Waals surface area contributed by atoms with E-state index in [1.54, 1.807) is 6.07 Å². The normalized spacial score (nSPS) is 13.8. The van der Waals surface area contributed by atoms with Crippen molar-refractivity contribution in [2.45, 2.75) is 20.8 Å². The average molecular weight is 309 g/mol. The molecular weight excluding hydrogens is 295 g/mol. The average Bonchev–Trinajstić information content (AvgIpc) is 2.75. The van der Waals surface area contributed by atoms with Crippen molar-refractivity contribution >= 4 is 34.7 Å². The van der Waals surface area contributed by atoms with Crippen LogP contribution in [0.4, 0.5) is 5.82 Å². The number of hydrogen-bond acceptors (Lipinski definition) is 3. The van der Waals surface area contributed by atoms with Gasteiger partial charge in [-0.05, 0) is 38.5 Å². The summed E-state index contributed by atoms with van der Waals surface area (Å²) < 4.78 is 1.90. The van der Waals surface area contributed by atoms with Crippen LogP contribution >= 0.6 is 23.2 Å². The van der Waals surface area contributed by atoms with Gasteiger partial charge in [0.25, 0.3) is 0 Å². The fraction of sp³-hybridized carbons (Fsp3) is 0.214. The van der Waals surface area contributed by atoms with E-state index >= 15 is 0 Å². The molecule has 1 aliphatic rings. The summed E-state index contributed by atoms with van der Waals surface area (Å²) in [6.07, 6.45) is 0. The van der Waals surface area contributed by atoms with Gasteiger partial charge in [-0.3, -0.25) is 5.43 Å². The maximum absolute atomic E-state index is 6.11. The van der Waals surface area contributed by atoms with Crippen LogP contribution in [0.5, 0.6) is 0 Å². The summed E-state index contributed by atoms with van der Waals surface area (Å²) in [5.41, 5.74) is 11.4. The number of hydrazine groups is 1. The van der Waals surface area contributed by atoms with Crippen LogP contribution in [-0.2, 0) is 0 Å². The zero-order chi connectivity index (χ0) is 14.4. The second-order valence-corrected chi connectivity index (χ2v) is 5.62. The molecule has 1 aromatic carbocycles. The van der Waals surface area contributed by atoms with E-state index in [4.69, 9.17) is 23.2 Å². The second kappa shape index (κ2) is 4.72. The number of halogens is 2. The fourth-order valence-corrected chi connectivity index (χ4v) is 2.58. The van der Waals surface area contributed by atoms with Crippen molar-refractivity contribution in [3.63, 3.8) is 0 Å². The smallest absolute Gasteiger partial charge is 0.156 e. The van der Waals surface area contributed by atoms with E-state index in [1.807, 2.05) is 37.6 Å². The molecular formula is C14H14Cl2N4. The van der Waals surface area contributed by atoms with E-state index in [9.17, 15) is 0 Å². The van der Waals surface area contributed by atoms with Crippen LogP contribution in [0.2, 0.25) is 10.0 Å². The molecule has 0 saturated carbocycles. The predicted octanol–water partition coefficient (Wildman–Crippen LogP) is 4.30. The lowest BCUT2D eigenvalue weighted by Gasteiger charge is -2.21. The Kier molecular flexibility index (Phi) is 3.15. The second-order valence-electron chi connectivity index (χ2n) is 4.81. The summed E-state index contributed by atoms with van der Waals surface area (Å²) in [5.74, 6) is 0.906. The molecule has 1 aromatic heterocycles. The minimum atomic E-state index is 0.538. The number of anilines is 1. The standard InChI is InChI=1S/C14H14Cl2N4/c1-7-9(3)20-14(18-17-7)13(8(2)19-20)10-4-5-11(15)12(16)6-10/h4-6,17-18H,1-3H3. The van der Waals surface area contributed by atoms with Crippen LogP contribution in [0.3, 0.4) is 0 Å². The number of benzene rings is 1. The first-order chi connectivity index (χ1) is 9.49. The molecule has 4 nitrogen and oxygen atoms in total. The molecule has 2 N–H and O–H groups in total. The van der Waals surface area contributed by atoms with Gasteiger partial charge in [0.2, 0.25) is 0 Å². The summed E-state index contributed by atoms with van der Waals surface area (Å²) in [7, 11) is 0. The van der Waals surface area contributed by atoms with Gasteiger partial charge >= 0.3 is 0 Å². The lowest BCUT2D eigenvalue weighted by atomic mass is 10.1. The number of allylic oxidation sites excluding steroid dienone is 2. The van der Waals surface area contributed by atoms with Gasteiger partial charge in [0.1, 0.15) is 0 Å². The van der Waals surface area contributed by atoms with Gasteiger partial charge in [-0.1, -0.05) is 29.3 Å². The van der Waals surface area contributed by atoms with Crippen molar-refractivity contribution in [3.05, 3.63) is 39.6 Å². The molecule has 0 atom stereocenters. The molecule has 20 heavy (non-hydrogen) atoms. The summed E-state index contributed by atoms with van der Waals surface area (Å²) in [4.78, 5) is 0. The first-order valence-electron chi connectivity index (χ1n) is 6.24. The van der Waals surface area contributed by atoms with E-state index < -0.39 is 0 Å². The minimum absolute atomic E-state index is 0.538. The number of rotatable bonds is 1. The van der Waals surface area contributed by atoms with Crippen LogP contribution in [0, 0.1) is 6.92 Å². The highest BCUT2D eigenvalue weighted by atomic mass is 35.5. The first-order valence-corrected chi connectivity index (χ1v) is 6.99. The summed E-state index contributed by atoms with van der Waals surface area (Å²) in [5, 5.41) is 5.68. The third kappa shape index (κ3) is 1.96. The number of aromatic nitrogens is 2. The Labute approximate surface area is 127 Å². The summed E-state index contributed by atoms with van der Waals surface area (Å²) in [6, 6.07) is 5.60. The molecule has 6 heteroatoms. The Morgan fingerprint density at radius 3 is 2.50 bits per heavy atom. The topological polar surface area (TPSA) is 41.9 Å². The minimum Gasteiger partial charge on any atom is -0.302 e. The van der Waals surface area contributed by atoms with E-state index in [0.717, 1.165) is 34.0 Å². The Hall–Kier alpha value is -1.65. The highest BCUT2D eigenvalue weighted by molar-refractivity contribution is 6.42. The van der Waals surface area contributed by atoms with Gasteiger partial charge in [-0.2, -0.15) is 5.10 Å². The van der Waals surface area contributed by atoms with Crippen molar-refractivity contribution in [1.82, 2.24) is 15.2 Å². The molecule has 1 aliphatic heterocycles. The Balaban J connectivity index is 2.21. The monoisotopic (exact) mass is 308 g/mol. The van der Waals surface area contributed by atoms with Crippen LogP contribution in [0.15, 0.2) is 23.9 Å². The summed E-state index contributed by atoms with van der Waals surface area (Å²) >= 11 is 12.1. The van der Waals surface area contributed by atoms with Crippen LogP contribution < -0.4 is 10.9 Å². The zero-order valence-corrected chi connectivity index (χ0v) is 12.9. The van der Waals surface area contributed by atoms with E-state index in [-0.39, 0.29) is 0 Å². The molecule has 0 unspecified atom stereocenters. The van der Waals surface area contributed by atoms with Crippen LogP contribution in [0.1, 0.15) is 19.5 Å². The lowest BCUT2D eigenvalue weighted by molar-refractivity contribution is 0.794. The van der Waals surface area contributed by atoms with Crippen molar-refractivity contribution in [2.75, 3.05) is 5.43 Å². The quantitative estimate of drug-likeness (QED) is 0.825. The molecule has 3 rings (SSSR count). The molecule has 0 saturated heterocycles. The number of aryl methyl sites for hydroxylation is 1. The van der Waals surface area contributed by atoms with Crippen LogP contribution in [-0.4, -0.2) is 9.78 Å². The van der Waals surface area contributed by atoms with Gasteiger partial charge < -0.3 is 5.43 Å². The predicted molar refractivity (Wildman–Crippen MR) is 83.7 cm³/mol. The highest BCUT2D eigenvalue weighted by Crippen LogP contribution is 2.37. The first kappa shape index (κ1) is 13.3. The molecule has 2 heterocycles. The molecule has 104 valence electrons. The lowest BCUT2D eigenvalue weighted by Crippen LogP contribution is -2.28. The van der Waals surface area contributed by atoms with Crippen molar-refractivity contribution in [3.8, 4) is 11.1 Å². The van der Waals surface area contributed by atoms with Crippen LogP contribution in [0.25, 0.3) is 16.8 Å². The van der Waals surface area contributed by atoms with Gasteiger partial charge in [0.05, 0.1) is 21.4 Å². The largest absolute Gasteiger partial charge is 0.302 e. The SMILES string of the molecule is CC1=C(C)n2nc(C)c(-c3ccc(Cl)c(Cl)c3)c2NN1. The van der Waals surface area contributed by atoms with Crippen molar-refractivity contribution in [2.24, 2.45) is 0 Å². The van der Waals surface area contributed by atoms with E-state index in [2.05, 4.69) is 16.0 Å². The van der Waals surface area contributed by atoms with Gasteiger partial charge in [-0.15, -0.1) is 0 Å². The zero-order valence-electron chi connectivity index (χ0n) is 11.4. The number of nitrogens with one attached hydrogen (secondary N) is 2. The maximum atomic E-state index is 6.11. The molecule has 0 aliphatic carbocycles. The molecule has 2 aromatic rings. The van der Waals surface area contributed by atoms with Crippen molar-refractivity contribution < 1.29 is 0 Å². The van der Waals surface area contributed by atoms with Gasteiger partial charge in [-0.25, -0.2) is 4.68 Å². The number of fused-ring (bicyclic) bond motifs is 1. The van der Waals surface area contributed by atoms with Gasteiger partial charge in [0.15, 0.2) is 5.82 Å². The van der Waals surface area contributed by atoms with E-state index in [0.29, 0.717) is 10.0 Å². The van der Waals surface area contributed by atoms with Gasteiger partial charge in [0, 0.05) is 11.3 Å². The Bertz CT molecular complexity index is 731. The van der Waals surface area contributed by atoms with Crippen molar-refractivity contribution in [1.29, 1.82) is 0 Å². The molecule has 0 radical (unpaired) electrons.